The Labute approximate surface area is 139 Å². The number of nitrogens with zero attached hydrogens (tertiary/aromatic N) is 2. The number of hydrogen-bond acceptors (Lipinski definition) is 2. The average Bonchev–Trinajstić information content (AvgIpc) is 2.92. The van der Waals surface area contributed by atoms with Crippen LogP contribution in [-0.2, 0) is 7.05 Å². The molecule has 1 heterocycles. The van der Waals surface area contributed by atoms with Crippen LogP contribution in [0.3, 0.4) is 0 Å². The number of ether oxygens (including phenoxy) is 1. The molecule has 1 aromatic heterocycles. The molecule has 3 aromatic rings. The highest BCUT2D eigenvalue weighted by molar-refractivity contribution is 5.89. The first-order chi connectivity index (χ1) is 11.4. The van der Waals surface area contributed by atoms with Crippen LogP contribution in [0.4, 0.5) is 8.78 Å². The van der Waals surface area contributed by atoms with Gasteiger partial charge in [-0.3, -0.25) is 4.68 Å². The van der Waals surface area contributed by atoms with Crippen molar-refractivity contribution in [3.05, 3.63) is 47.7 Å². The number of rotatable bonds is 4. The van der Waals surface area contributed by atoms with Gasteiger partial charge in [0.15, 0.2) is 0 Å². The molecule has 0 aliphatic heterocycles. The molecule has 1 unspecified atom stereocenters. The minimum absolute atomic E-state index is 0.149. The molecule has 0 bridgehead atoms. The van der Waals surface area contributed by atoms with E-state index in [1.54, 1.807) is 17.9 Å². The maximum Gasteiger partial charge on any atom is 0.147 e. The molecule has 0 amide bonds. The molecule has 0 aliphatic rings. The van der Waals surface area contributed by atoms with E-state index in [0.717, 1.165) is 10.9 Å². The predicted molar refractivity (Wildman–Crippen MR) is 91.3 cm³/mol. The summed E-state index contributed by atoms with van der Waals surface area (Å²) in [4.78, 5) is 0. The maximum absolute atomic E-state index is 14.4. The summed E-state index contributed by atoms with van der Waals surface area (Å²) in [6.45, 7) is 3.74. The lowest BCUT2D eigenvalue weighted by Crippen LogP contribution is -2.01. The first-order valence-corrected chi connectivity index (χ1v) is 7.95. The molecule has 0 aliphatic carbocycles. The van der Waals surface area contributed by atoms with Crippen LogP contribution in [0.15, 0.2) is 30.5 Å². The fourth-order valence-electron chi connectivity index (χ4n) is 2.97. The molecule has 1 atom stereocenters. The summed E-state index contributed by atoms with van der Waals surface area (Å²) in [7, 11) is 3.37. The van der Waals surface area contributed by atoms with Crippen LogP contribution in [0.5, 0.6) is 5.75 Å². The van der Waals surface area contributed by atoms with Gasteiger partial charge in [-0.05, 0) is 47.7 Å². The van der Waals surface area contributed by atoms with Crippen LogP contribution in [0.1, 0.15) is 31.7 Å². The molecule has 0 saturated carbocycles. The van der Waals surface area contributed by atoms with Gasteiger partial charge >= 0.3 is 0 Å². The second-order valence-electron chi connectivity index (χ2n) is 6.08. The molecule has 0 N–H and O–H groups in total. The van der Waals surface area contributed by atoms with Gasteiger partial charge in [-0.15, -0.1) is 0 Å². The molecule has 3 nitrogen and oxygen atoms in total. The molecular formula is C19H20F2N2O. The number of methoxy groups -OCH3 is 1. The number of fused-ring (bicyclic) bond motifs is 1. The van der Waals surface area contributed by atoms with E-state index in [9.17, 15) is 8.78 Å². The van der Waals surface area contributed by atoms with Gasteiger partial charge in [0.05, 0.1) is 7.11 Å². The Hall–Kier alpha value is -2.43. The van der Waals surface area contributed by atoms with Gasteiger partial charge in [-0.25, -0.2) is 8.78 Å². The van der Waals surface area contributed by atoms with E-state index in [1.807, 2.05) is 33.2 Å². The molecule has 0 fully saturated rings. The van der Waals surface area contributed by atoms with Crippen molar-refractivity contribution < 1.29 is 13.5 Å². The van der Waals surface area contributed by atoms with Crippen LogP contribution in [0.25, 0.3) is 22.0 Å². The quantitative estimate of drug-likeness (QED) is 0.670. The Morgan fingerprint density at radius 2 is 1.75 bits per heavy atom. The Balaban J connectivity index is 2.17. The first-order valence-electron chi connectivity index (χ1n) is 7.95. The zero-order valence-corrected chi connectivity index (χ0v) is 14.2. The molecule has 5 heteroatoms. The molecule has 2 aromatic carbocycles. The Bertz CT molecular complexity index is 879. The van der Waals surface area contributed by atoms with Gasteiger partial charge in [-0.1, -0.05) is 13.8 Å². The summed E-state index contributed by atoms with van der Waals surface area (Å²) >= 11 is 0. The van der Waals surface area contributed by atoms with Crippen molar-refractivity contribution in [3.63, 3.8) is 0 Å². The normalized spacial score (nSPS) is 12.6. The highest BCUT2D eigenvalue weighted by Crippen LogP contribution is 2.34. The molecule has 126 valence electrons. The Morgan fingerprint density at radius 1 is 1.12 bits per heavy atom. The number of benzene rings is 2. The van der Waals surface area contributed by atoms with Gasteiger partial charge in [-0.2, -0.15) is 5.10 Å². The third-order valence-corrected chi connectivity index (χ3v) is 4.43. The van der Waals surface area contributed by atoms with Crippen LogP contribution in [0.2, 0.25) is 0 Å². The van der Waals surface area contributed by atoms with E-state index >= 15 is 0 Å². The zero-order chi connectivity index (χ0) is 17.4. The van der Waals surface area contributed by atoms with E-state index in [1.165, 1.54) is 12.1 Å². The summed E-state index contributed by atoms with van der Waals surface area (Å²) in [5.41, 5.74) is 2.05. The summed E-state index contributed by atoms with van der Waals surface area (Å²) in [6, 6.07) is 6.40. The van der Waals surface area contributed by atoms with Crippen molar-refractivity contribution in [1.29, 1.82) is 0 Å². The fraction of sp³-hybridized carbons (Fsp3) is 0.316. The smallest absolute Gasteiger partial charge is 0.147 e. The highest BCUT2D eigenvalue weighted by atomic mass is 19.1. The van der Waals surface area contributed by atoms with Crippen molar-refractivity contribution in [2.45, 2.75) is 26.2 Å². The van der Waals surface area contributed by atoms with E-state index in [4.69, 9.17) is 4.74 Å². The van der Waals surface area contributed by atoms with Crippen molar-refractivity contribution in [2.75, 3.05) is 7.11 Å². The van der Waals surface area contributed by atoms with Gasteiger partial charge in [0.25, 0.3) is 0 Å². The van der Waals surface area contributed by atoms with Crippen LogP contribution in [0, 0.1) is 11.6 Å². The monoisotopic (exact) mass is 330 g/mol. The van der Waals surface area contributed by atoms with Crippen molar-refractivity contribution in [2.24, 2.45) is 7.05 Å². The van der Waals surface area contributed by atoms with Gasteiger partial charge < -0.3 is 4.74 Å². The SMILES string of the molecule is CCC(C)c1c(F)cc(-c2cc(OC)c3nn(C)cc3c2)cc1F. The lowest BCUT2D eigenvalue weighted by atomic mass is 9.94. The summed E-state index contributed by atoms with van der Waals surface area (Å²) in [5, 5.41) is 5.21. The van der Waals surface area contributed by atoms with E-state index in [0.29, 0.717) is 23.3 Å². The van der Waals surface area contributed by atoms with Crippen LogP contribution in [-0.4, -0.2) is 16.9 Å². The molecule has 0 saturated heterocycles. The van der Waals surface area contributed by atoms with Crippen molar-refractivity contribution in [3.8, 4) is 16.9 Å². The number of hydrogen-bond donors (Lipinski definition) is 0. The van der Waals surface area contributed by atoms with Gasteiger partial charge in [0, 0.05) is 24.2 Å². The number of halogens is 2. The first kappa shape index (κ1) is 16.4. The van der Waals surface area contributed by atoms with E-state index in [2.05, 4.69) is 5.10 Å². The predicted octanol–water partition coefficient (Wildman–Crippen LogP) is 5.04. The third-order valence-electron chi connectivity index (χ3n) is 4.43. The molecular weight excluding hydrogens is 310 g/mol. The molecule has 0 radical (unpaired) electrons. The van der Waals surface area contributed by atoms with Crippen LogP contribution < -0.4 is 4.74 Å². The second kappa shape index (κ2) is 6.23. The topological polar surface area (TPSA) is 27.1 Å². The molecule has 24 heavy (non-hydrogen) atoms. The van der Waals surface area contributed by atoms with Gasteiger partial charge in [0.1, 0.15) is 22.9 Å². The summed E-state index contributed by atoms with van der Waals surface area (Å²) in [5.74, 6) is -0.599. The molecule has 0 spiro atoms. The highest BCUT2D eigenvalue weighted by Gasteiger charge is 2.18. The summed E-state index contributed by atoms with van der Waals surface area (Å²) < 4.78 is 36.0. The number of aromatic nitrogens is 2. The lowest BCUT2D eigenvalue weighted by molar-refractivity contribution is 0.418. The van der Waals surface area contributed by atoms with E-state index in [-0.39, 0.29) is 11.5 Å². The van der Waals surface area contributed by atoms with Crippen molar-refractivity contribution in [1.82, 2.24) is 9.78 Å². The largest absolute Gasteiger partial charge is 0.494 e. The zero-order valence-electron chi connectivity index (χ0n) is 14.2. The summed E-state index contributed by atoms with van der Waals surface area (Å²) in [6.07, 6.45) is 2.53. The molecule has 3 rings (SSSR count). The standard InChI is InChI=1S/C19H20F2N2O/c1-5-11(2)18-15(20)7-13(8-16(18)21)12-6-14-10-23(3)22-19(14)17(9-12)24-4/h6-11H,5H2,1-4H3. The lowest BCUT2D eigenvalue weighted by Gasteiger charge is -2.14. The second-order valence-corrected chi connectivity index (χ2v) is 6.08. The minimum atomic E-state index is -0.510. The average molecular weight is 330 g/mol. The fourth-order valence-corrected chi connectivity index (χ4v) is 2.97. The Kier molecular flexibility index (Phi) is 4.26. The maximum atomic E-state index is 14.4. The van der Waals surface area contributed by atoms with Crippen LogP contribution >= 0.6 is 0 Å². The third kappa shape index (κ3) is 2.75. The minimum Gasteiger partial charge on any atom is -0.494 e. The van der Waals surface area contributed by atoms with E-state index < -0.39 is 11.6 Å². The Morgan fingerprint density at radius 3 is 2.33 bits per heavy atom. The van der Waals surface area contributed by atoms with Gasteiger partial charge in [0.2, 0.25) is 0 Å². The number of aryl methyl sites for hydroxylation is 1. The van der Waals surface area contributed by atoms with Crippen molar-refractivity contribution >= 4 is 10.9 Å².